The number of esters is 1. The lowest BCUT2D eigenvalue weighted by molar-refractivity contribution is -0.138. The summed E-state index contributed by atoms with van der Waals surface area (Å²) < 4.78 is 41.3. The Hall–Kier alpha value is -2.93. The molecule has 158 valence electrons. The van der Waals surface area contributed by atoms with Crippen molar-refractivity contribution in [1.82, 2.24) is 0 Å². The number of carbonyl (C=O) groups is 1. The van der Waals surface area contributed by atoms with Crippen LogP contribution in [-0.2, 0) is 24.3 Å². The van der Waals surface area contributed by atoms with Gasteiger partial charge in [0.05, 0.1) is 11.5 Å². The van der Waals surface area contributed by atoms with E-state index >= 15 is 0 Å². The van der Waals surface area contributed by atoms with Gasteiger partial charge in [0.1, 0.15) is 17.0 Å². The van der Waals surface area contributed by atoms with Gasteiger partial charge < -0.3 is 9.47 Å². The van der Waals surface area contributed by atoms with Gasteiger partial charge in [-0.1, -0.05) is 61.4 Å². The molecule has 0 spiro atoms. The second-order valence-electron chi connectivity index (χ2n) is 7.09. The van der Waals surface area contributed by atoms with Crippen LogP contribution in [0.2, 0.25) is 0 Å². The number of carbonyl (C=O) groups excluding carboxylic acids is 1. The second kappa shape index (κ2) is 9.26. The maximum atomic E-state index is 13.0. The van der Waals surface area contributed by atoms with Crippen molar-refractivity contribution in [2.75, 3.05) is 6.61 Å². The van der Waals surface area contributed by atoms with E-state index in [1.165, 1.54) is 12.1 Å². The Morgan fingerprint density at radius 2 is 1.73 bits per heavy atom. The Morgan fingerprint density at radius 3 is 2.37 bits per heavy atom. The lowest BCUT2D eigenvalue weighted by Gasteiger charge is -2.14. The maximum absolute atomic E-state index is 13.0. The van der Waals surface area contributed by atoms with Gasteiger partial charge in [-0.3, -0.25) is 0 Å². The molecule has 7 heteroatoms. The summed E-state index contributed by atoms with van der Waals surface area (Å²) in [7, 11) is -4.05. The minimum Gasteiger partial charge on any atom is -0.483 e. The van der Waals surface area contributed by atoms with E-state index in [1.54, 1.807) is 31.2 Å². The third kappa shape index (κ3) is 4.79. The zero-order valence-corrected chi connectivity index (χ0v) is 18.1. The fourth-order valence-corrected chi connectivity index (χ4v) is 4.10. The monoisotopic (exact) mass is 427 g/mol. The Bertz CT molecular complexity index is 1070. The summed E-state index contributed by atoms with van der Waals surface area (Å²) in [5.41, 5.74) is 1.74. The van der Waals surface area contributed by atoms with Gasteiger partial charge in [0, 0.05) is 0 Å². The van der Waals surface area contributed by atoms with E-state index in [0.717, 1.165) is 18.4 Å². The molecular formula is C23H25NO5S. The van der Waals surface area contributed by atoms with Crippen molar-refractivity contribution in [3.05, 3.63) is 77.1 Å². The average Bonchev–Trinajstić information content (AvgIpc) is 3.04. The molecule has 0 aromatic heterocycles. The van der Waals surface area contributed by atoms with Crippen molar-refractivity contribution in [2.45, 2.75) is 44.6 Å². The smallest absolute Gasteiger partial charge is 0.343 e. The van der Waals surface area contributed by atoms with Crippen LogP contribution in [0, 0.1) is 6.92 Å². The van der Waals surface area contributed by atoms with E-state index in [9.17, 15) is 13.2 Å². The van der Waals surface area contributed by atoms with Crippen LogP contribution in [0.5, 0.6) is 0 Å². The predicted octanol–water partition coefficient (Wildman–Crippen LogP) is 4.51. The molecule has 0 amide bonds. The lowest BCUT2D eigenvalue weighted by atomic mass is 10.0. The number of allylic oxidation sites excluding steroid dienone is 1. The van der Waals surface area contributed by atoms with Crippen LogP contribution in [0.25, 0.3) is 0 Å². The number of nitrogens with zero attached hydrogens (tertiary/aromatic N) is 1. The van der Waals surface area contributed by atoms with Gasteiger partial charge in [-0.15, -0.1) is 0 Å². The Balaban J connectivity index is 2.05. The molecule has 0 saturated carbocycles. The van der Waals surface area contributed by atoms with E-state index in [1.807, 2.05) is 32.0 Å². The molecule has 1 atom stereocenters. The molecule has 0 fully saturated rings. The van der Waals surface area contributed by atoms with Crippen LogP contribution in [-0.4, -0.2) is 26.7 Å². The summed E-state index contributed by atoms with van der Waals surface area (Å²) in [4.78, 5) is 12.8. The molecule has 0 bridgehead atoms. The lowest BCUT2D eigenvalue weighted by Crippen LogP contribution is -2.20. The van der Waals surface area contributed by atoms with Gasteiger partial charge in [0.25, 0.3) is 10.0 Å². The van der Waals surface area contributed by atoms with Crippen molar-refractivity contribution in [3.63, 3.8) is 0 Å². The molecule has 2 aromatic carbocycles. The SMILES string of the molecule is CCCCOC(=O)C1=C(C)OC(c2ccccc2)/C1=N\S(=O)(=O)c1ccc(C)cc1. The van der Waals surface area contributed by atoms with Crippen LogP contribution in [0.15, 0.2) is 75.2 Å². The molecule has 0 saturated heterocycles. The molecule has 2 aromatic rings. The van der Waals surface area contributed by atoms with Gasteiger partial charge in [0.15, 0.2) is 6.10 Å². The highest BCUT2D eigenvalue weighted by atomic mass is 32.2. The van der Waals surface area contributed by atoms with Crippen LogP contribution in [0.4, 0.5) is 0 Å². The highest BCUT2D eigenvalue weighted by molar-refractivity contribution is 7.90. The molecule has 1 aliphatic rings. The minimum atomic E-state index is -4.05. The third-order valence-electron chi connectivity index (χ3n) is 4.73. The molecule has 6 nitrogen and oxygen atoms in total. The van der Waals surface area contributed by atoms with Crippen LogP contribution in [0.3, 0.4) is 0 Å². The summed E-state index contributed by atoms with van der Waals surface area (Å²) in [6.45, 7) is 5.73. The van der Waals surface area contributed by atoms with E-state index in [0.29, 0.717) is 11.3 Å². The van der Waals surface area contributed by atoms with Gasteiger partial charge in [-0.25, -0.2) is 4.79 Å². The van der Waals surface area contributed by atoms with Crippen molar-refractivity contribution in [2.24, 2.45) is 4.40 Å². The van der Waals surface area contributed by atoms with Crippen molar-refractivity contribution in [3.8, 4) is 0 Å². The highest BCUT2D eigenvalue weighted by Gasteiger charge is 2.38. The number of hydrogen-bond acceptors (Lipinski definition) is 5. The van der Waals surface area contributed by atoms with Crippen LogP contribution >= 0.6 is 0 Å². The summed E-state index contributed by atoms with van der Waals surface area (Å²) in [5, 5.41) is 0. The molecule has 0 N–H and O–H groups in total. The van der Waals surface area contributed by atoms with Gasteiger partial charge in [0.2, 0.25) is 0 Å². The molecule has 3 rings (SSSR count). The first-order chi connectivity index (χ1) is 14.3. The van der Waals surface area contributed by atoms with E-state index in [4.69, 9.17) is 9.47 Å². The van der Waals surface area contributed by atoms with Gasteiger partial charge in [-0.05, 0) is 38.0 Å². The molecule has 1 heterocycles. The normalized spacial score (nSPS) is 17.8. The number of ether oxygens (including phenoxy) is 2. The highest BCUT2D eigenvalue weighted by Crippen LogP contribution is 2.35. The molecule has 1 aliphatic heterocycles. The minimum absolute atomic E-state index is 0.0424. The molecule has 1 unspecified atom stereocenters. The van der Waals surface area contributed by atoms with Crippen LogP contribution < -0.4 is 0 Å². The summed E-state index contributed by atoms with van der Waals surface area (Å²) >= 11 is 0. The van der Waals surface area contributed by atoms with E-state index in [-0.39, 0.29) is 22.8 Å². The quantitative estimate of drug-likeness (QED) is 0.479. The number of unbranched alkanes of at least 4 members (excludes halogenated alkanes) is 1. The zero-order chi connectivity index (χ0) is 21.7. The largest absolute Gasteiger partial charge is 0.483 e. The predicted molar refractivity (Wildman–Crippen MR) is 115 cm³/mol. The van der Waals surface area contributed by atoms with Crippen molar-refractivity contribution >= 4 is 21.7 Å². The molecular weight excluding hydrogens is 402 g/mol. The first-order valence-electron chi connectivity index (χ1n) is 9.85. The van der Waals surface area contributed by atoms with Gasteiger partial charge >= 0.3 is 5.97 Å². The van der Waals surface area contributed by atoms with Crippen LogP contribution in [0.1, 0.15) is 43.9 Å². The zero-order valence-electron chi connectivity index (χ0n) is 17.3. The Labute approximate surface area is 177 Å². The van der Waals surface area contributed by atoms with Gasteiger partial charge in [-0.2, -0.15) is 12.8 Å². The molecule has 0 radical (unpaired) electrons. The van der Waals surface area contributed by atoms with E-state index < -0.39 is 22.1 Å². The average molecular weight is 428 g/mol. The fraction of sp³-hybridized carbons (Fsp3) is 0.304. The van der Waals surface area contributed by atoms with Crippen molar-refractivity contribution < 1.29 is 22.7 Å². The number of hydrogen-bond donors (Lipinski definition) is 0. The topological polar surface area (TPSA) is 82.0 Å². The van der Waals surface area contributed by atoms with E-state index in [2.05, 4.69) is 4.40 Å². The Kier molecular flexibility index (Phi) is 6.72. The molecule has 30 heavy (non-hydrogen) atoms. The standard InChI is InChI=1S/C23H25NO5S/c1-4-5-15-28-23(25)20-17(3)29-22(18-9-7-6-8-10-18)21(20)24-30(26,27)19-13-11-16(2)12-14-19/h6-14,22H,4-5,15H2,1-3H3/b24-21-. The molecule has 0 aliphatic carbocycles. The maximum Gasteiger partial charge on any atom is 0.343 e. The number of sulfonamides is 1. The number of rotatable bonds is 7. The summed E-state index contributed by atoms with van der Waals surface area (Å²) in [5.74, 6) is -0.333. The van der Waals surface area contributed by atoms with Crippen molar-refractivity contribution in [1.29, 1.82) is 0 Å². The first kappa shape index (κ1) is 21.8. The third-order valence-corrected chi connectivity index (χ3v) is 6.03. The summed E-state index contributed by atoms with van der Waals surface area (Å²) in [6.07, 6.45) is 0.784. The number of benzene rings is 2. The summed E-state index contributed by atoms with van der Waals surface area (Å²) in [6, 6.07) is 15.5. The second-order valence-corrected chi connectivity index (χ2v) is 8.70. The fourth-order valence-electron chi connectivity index (χ4n) is 3.07. The number of aryl methyl sites for hydroxylation is 1. The first-order valence-corrected chi connectivity index (χ1v) is 11.3. The Morgan fingerprint density at radius 1 is 1.07 bits per heavy atom.